The summed E-state index contributed by atoms with van der Waals surface area (Å²) in [5, 5.41) is 0. The Hall–Kier alpha value is -0.0800. The summed E-state index contributed by atoms with van der Waals surface area (Å²) in [6, 6.07) is 0. The average molecular weight is 173 g/mol. The highest BCUT2D eigenvalue weighted by molar-refractivity contribution is 4.69. The molecule has 2 nitrogen and oxygen atoms in total. The van der Waals surface area contributed by atoms with Crippen molar-refractivity contribution in [3.63, 3.8) is 0 Å². The minimum atomic E-state index is -0.176. The predicted molar refractivity (Wildman–Crippen MR) is 53.2 cm³/mol. The molecule has 0 atom stereocenters. The molecule has 0 fully saturated rings. The van der Waals surface area contributed by atoms with Gasteiger partial charge in [0.15, 0.2) is 0 Å². The van der Waals surface area contributed by atoms with E-state index in [1.165, 1.54) is 25.7 Å². The van der Waals surface area contributed by atoms with Crippen LogP contribution in [-0.2, 0) is 4.74 Å². The van der Waals surface area contributed by atoms with Crippen LogP contribution in [0.25, 0.3) is 0 Å². The Morgan fingerprint density at radius 3 is 2.33 bits per heavy atom. The molecule has 0 spiro atoms. The van der Waals surface area contributed by atoms with Crippen LogP contribution in [0, 0.1) is 0 Å². The lowest BCUT2D eigenvalue weighted by atomic mass is 10.1. The summed E-state index contributed by atoms with van der Waals surface area (Å²) >= 11 is 0. The van der Waals surface area contributed by atoms with E-state index in [4.69, 9.17) is 10.5 Å². The monoisotopic (exact) mass is 173 g/mol. The molecule has 12 heavy (non-hydrogen) atoms. The van der Waals surface area contributed by atoms with Crippen molar-refractivity contribution in [1.29, 1.82) is 0 Å². The molecule has 2 N–H and O–H groups in total. The van der Waals surface area contributed by atoms with Gasteiger partial charge in [0, 0.05) is 12.1 Å². The van der Waals surface area contributed by atoms with Crippen molar-refractivity contribution in [2.45, 2.75) is 52.0 Å². The molecule has 0 aromatic rings. The Balaban J connectivity index is 3.01. The first kappa shape index (κ1) is 11.9. The van der Waals surface area contributed by atoms with E-state index in [1.54, 1.807) is 0 Å². The average Bonchev–Trinajstić information content (AvgIpc) is 1.94. The van der Waals surface area contributed by atoms with Crippen LogP contribution >= 0.6 is 0 Å². The third-order valence-electron chi connectivity index (χ3n) is 1.62. The van der Waals surface area contributed by atoms with Crippen LogP contribution in [0.3, 0.4) is 0 Å². The van der Waals surface area contributed by atoms with Crippen molar-refractivity contribution in [1.82, 2.24) is 0 Å². The van der Waals surface area contributed by atoms with E-state index in [-0.39, 0.29) is 5.54 Å². The second-order valence-electron chi connectivity index (χ2n) is 4.10. The van der Waals surface area contributed by atoms with Gasteiger partial charge in [0.05, 0.1) is 6.61 Å². The number of hydrogen-bond acceptors (Lipinski definition) is 2. The molecule has 0 bridgehead atoms. The van der Waals surface area contributed by atoms with Crippen molar-refractivity contribution >= 4 is 0 Å². The van der Waals surface area contributed by atoms with Crippen molar-refractivity contribution < 1.29 is 4.74 Å². The van der Waals surface area contributed by atoms with E-state index in [0.717, 1.165) is 6.61 Å². The molecule has 0 amide bonds. The minimum Gasteiger partial charge on any atom is -0.380 e. The largest absolute Gasteiger partial charge is 0.380 e. The second kappa shape index (κ2) is 6.44. The van der Waals surface area contributed by atoms with E-state index in [9.17, 15) is 0 Å². The molecule has 0 rings (SSSR count). The van der Waals surface area contributed by atoms with Crippen molar-refractivity contribution in [2.75, 3.05) is 13.2 Å². The van der Waals surface area contributed by atoms with Gasteiger partial charge in [-0.05, 0) is 20.3 Å². The quantitative estimate of drug-likeness (QED) is 0.600. The molecule has 0 aliphatic carbocycles. The Bertz CT molecular complexity index is 96.5. The van der Waals surface area contributed by atoms with E-state index < -0.39 is 0 Å². The van der Waals surface area contributed by atoms with Crippen LogP contribution in [0.15, 0.2) is 0 Å². The van der Waals surface area contributed by atoms with Gasteiger partial charge < -0.3 is 10.5 Å². The Labute approximate surface area is 76.5 Å². The summed E-state index contributed by atoms with van der Waals surface area (Å²) in [7, 11) is 0. The van der Waals surface area contributed by atoms with Gasteiger partial charge in [-0.1, -0.05) is 26.2 Å². The van der Waals surface area contributed by atoms with Crippen LogP contribution in [0.5, 0.6) is 0 Å². The topological polar surface area (TPSA) is 35.2 Å². The highest BCUT2D eigenvalue weighted by Gasteiger charge is 2.09. The number of nitrogens with two attached hydrogens (primary N) is 1. The van der Waals surface area contributed by atoms with Crippen molar-refractivity contribution in [3.8, 4) is 0 Å². The Morgan fingerprint density at radius 1 is 1.17 bits per heavy atom. The Morgan fingerprint density at radius 2 is 1.83 bits per heavy atom. The maximum atomic E-state index is 5.75. The van der Waals surface area contributed by atoms with Gasteiger partial charge in [0.2, 0.25) is 0 Å². The van der Waals surface area contributed by atoms with E-state index >= 15 is 0 Å². The fraction of sp³-hybridized carbons (Fsp3) is 1.00. The van der Waals surface area contributed by atoms with Crippen LogP contribution < -0.4 is 5.73 Å². The molecule has 0 aliphatic rings. The zero-order valence-electron chi connectivity index (χ0n) is 8.73. The normalized spacial score (nSPS) is 12.0. The zero-order chi connectivity index (χ0) is 9.45. The first-order chi connectivity index (χ1) is 5.56. The molecule has 0 aliphatic heterocycles. The van der Waals surface area contributed by atoms with Crippen molar-refractivity contribution in [3.05, 3.63) is 0 Å². The fourth-order valence-corrected chi connectivity index (χ4v) is 0.966. The molecule has 2 heteroatoms. The molecular weight excluding hydrogens is 150 g/mol. The van der Waals surface area contributed by atoms with Gasteiger partial charge in [0.1, 0.15) is 0 Å². The number of ether oxygens (including phenoxy) is 1. The van der Waals surface area contributed by atoms with E-state index in [1.807, 2.05) is 13.8 Å². The molecule has 0 heterocycles. The van der Waals surface area contributed by atoms with Crippen LogP contribution in [-0.4, -0.2) is 18.8 Å². The standard InChI is InChI=1S/C10H23NO/c1-4-5-6-7-8-12-9-10(2,3)11/h4-9,11H2,1-3H3. The predicted octanol–water partition coefficient (Wildman–Crippen LogP) is 2.32. The van der Waals surface area contributed by atoms with Crippen LogP contribution in [0.4, 0.5) is 0 Å². The summed E-state index contributed by atoms with van der Waals surface area (Å²) in [5.74, 6) is 0. The fourth-order valence-electron chi connectivity index (χ4n) is 0.966. The van der Waals surface area contributed by atoms with Gasteiger partial charge in [-0.25, -0.2) is 0 Å². The van der Waals surface area contributed by atoms with Gasteiger partial charge >= 0.3 is 0 Å². The summed E-state index contributed by atoms with van der Waals surface area (Å²) in [4.78, 5) is 0. The second-order valence-corrected chi connectivity index (χ2v) is 4.10. The summed E-state index contributed by atoms with van der Waals surface area (Å²) in [5.41, 5.74) is 5.58. The maximum absolute atomic E-state index is 5.75. The lowest BCUT2D eigenvalue weighted by molar-refractivity contribution is 0.0940. The molecule has 0 aromatic heterocycles. The molecule has 0 saturated carbocycles. The first-order valence-corrected chi connectivity index (χ1v) is 4.93. The minimum absolute atomic E-state index is 0.176. The molecular formula is C10H23NO. The lowest BCUT2D eigenvalue weighted by Gasteiger charge is -2.17. The number of unbranched alkanes of at least 4 members (excludes halogenated alkanes) is 3. The molecule has 74 valence electrons. The van der Waals surface area contributed by atoms with E-state index in [0.29, 0.717) is 6.61 Å². The Kier molecular flexibility index (Phi) is 6.39. The van der Waals surface area contributed by atoms with E-state index in [2.05, 4.69) is 6.92 Å². The SMILES string of the molecule is CCCCCCOCC(C)(C)N. The third-order valence-corrected chi connectivity index (χ3v) is 1.62. The molecule has 0 saturated heterocycles. The summed E-state index contributed by atoms with van der Waals surface area (Å²) in [6.07, 6.45) is 5.04. The highest BCUT2D eigenvalue weighted by Crippen LogP contribution is 2.01. The summed E-state index contributed by atoms with van der Waals surface area (Å²) in [6.45, 7) is 7.71. The highest BCUT2D eigenvalue weighted by atomic mass is 16.5. The number of hydrogen-bond donors (Lipinski definition) is 1. The van der Waals surface area contributed by atoms with Gasteiger partial charge in [-0.3, -0.25) is 0 Å². The smallest absolute Gasteiger partial charge is 0.0640 e. The van der Waals surface area contributed by atoms with Crippen molar-refractivity contribution in [2.24, 2.45) is 5.73 Å². The zero-order valence-corrected chi connectivity index (χ0v) is 8.73. The number of rotatable bonds is 7. The lowest BCUT2D eigenvalue weighted by Crippen LogP contribution is -2.37. The molecule has 0 radical (unpaired) electrons. The van der Waals surface area contributed by atoms with Crippen LogP contribution in [0.1, 0.15) is 46.5 Å². The van der Waals surface area contributed by atoms with Gasteiger partial charge in [-0.15, -0.1) is 0 Å². The van der Waals surface area contributed by atoms with Gasteiger partial charge in [-0.2, -0.15) is 0 Å². The first-order valence-electron chi connectivity index (χ1n) is 4.93. The third kappa shape index (κ3) is 9.92. The molecule has 0 aromatic carbocycles. The van der Waals surface area contributed by atoms with Crippen LogP contribution in [0.2, 0.25) is 0 Å². The summed E-state index contributed by atoms with van der Waals surface area (Å²) < 4.78 is 5.42. The maximum Gasteiger partial charge on any atom is 0.0640 e. The molecule has 0 unspecified atom stereocenters. The van der Waals surface area contributed by atoms with Gasteiger partial charge in [0.25, 0.3) is 0 Å².